The number of aromatic nitrogens is 1. The summed E-state index contributed by atoms with van der Waals surface area (Å²) in [6.45, 7) is 0. The minimum Gasteiger partial charge on any atom is -0.358 e. The van der Waals surface area contributed by atoms with Gasteiger partial charge >= 0.3 is 6.18 Å². The normalized spacial score (nSPS) is 11.6. The van der Waals surface area contributed by atoms with E-state index in [1.165, 1.54) is 6.07 Å². The molecular formula is C11H7F3N2. The fraction of sp³-hybridized carbons (Fsp3) is 0.182. The molecule has 0 atom stereocenters. The first-order chi connectivity index (χ1) is 7.50. The molecule has 0 bridgehead atoms. The molecule has 1 heterocycles. The lowest BCUT2D eigenvalue weighted by molar-refractivity contribution is -0.137. The molecule has 2 nitrogen and oxygen atoms in total. The van der Waals surface area contributed by atoms with Crippen LogP contribution in [0.15, 0.2) is 24.3 Å². The van der Waals surface area contributed by atoms with E-state index in [1.807, 2.05) is 6.07 Å². The van der Waals surface area contributed by atoms with Crippen LogP contribution in [0.4, 0.5) is 13.2 Å². The topological polar surface area (TPSA) is 39.6 Å². The largest absolute Gasteiger partial charge is 0.416 e. The number of hydrogen-bond donors (Lipinski definition) is 1. The van der Waals surface area contributed by atoms with E-state index >= 15 is 0 Å². The van der Waals surface area contributed by atoms with Crippen LogP contribution in [0.25, 0.3) is 10.9 Å². The molecule has 0 fully saturated rings. The minimum atomic E-state index is -4.34. The van der Waals surface area contributed by atoms with Crippen molar-refractivity contribution < 1.29 is 13.2 Å². The molecule has 0 saturated heterocycles. The predicted octanol–water partition coefficient (Wildman–Crippen LogP) is 3.25. The molecular weight excluding hydrogens is 217 g/mol. The van der Waals surface area contributed by atoms with Crippen molar-refractivity contribution in [3.63, 3.8) is 0 Å². The lowest BCUT2D eigenvalue weighted by Crippen LogP contribution is -2.03. The fourth-order valence-corrected chi connectivity index (χ4v) is 1.54. The van der Waals surface area contributed by atoms with E-state index in [9.17, 15) is 13.2 Å². The van der Waals surface area contributed by atoms with Crippen molar-refractivity contribution >= 4 is 10.9 Å². The molecule has 0 aliphatic carbocycles. The molecule has 5 heteroatoms. The first-order valence-corrected chi connectivity index (χ1v) is 4.56. The van der Waals surface area contributed by atoms with Crippen LogP contribution in [0.1, 0.15) is 11.3 Å². The molecule has 2 aromatic rings. The number of benzene rings is 1. The summed E-state index contributed by atoms with van der Waals surface area (Å²) < 4.78 is 37.2. The summed E-state index contributed by atoms with van der Waals surface area (Å²) in [4.78, 5) is 2.79. The Morgan fingerprint density at radius 1 is 1.25 bits per heavy atom. The third-order valence-corrected chi connectivity index (χ3v) is 2.28. The monoisotopic (exact) mass is 224 g/mol. The van der Waals surface area contributed by atoms with Gasteiger partial charge in [-0.05, 0) is 23.6 Å². The van der Waals surface area contributed by atoms with E-state index < -0.39 is 11.7 Å². The van der Waals surface area contributed by atoms with Gasteiger partial charge in [0.05, 0.1) is 18.1 Å². The van der Waals surface area contributed by atoms with Crippen LogP contribution >= 0.6 is 0 Å². The van der Waals surface area contributed by atoms with Crippen molar-refractivity contribution in [1.29, 1.82) is 5.26 Å². The zero-order valence-corrected chi connectivity index (χ0v) is 8.10. The van der Waals surface area contributed by atoms with Crippen molar-refractivity contribution in [2.45, 2.75) is 12.6 Å². The number of nitrogens with zero attached hydrogens (tertiary/aromatic N) is 1. The Balaban J connectivity index is 2.51. The fourth-order valence-electron chi connectivity index (χ4n) is 1.54. The van der Waals surface area contributed by atoms with Crippen LogP contribution in [0.3, 0.4) is 0 Å². The third-order valence-electron chi connectivity index (χ3n) is 2.28. The van der Waals surface area contributed by atoms with Gasteiger partial charge in [-0.25, -0.2) is 0 Å². The van der Waals surface area contributed by atoms with Crippen LogP contribution in [0.5, 0.6) is 0 Å². The van der Waals surface area contributed by atoms with Crippen LogP contribution in [-0.2, 0) is 12.6 Å². The Hall–Kier alpha value is -1.96. The van der Waals surface area contributed by atoms with E-state index in [1.54, 1.807) is 6.07 Å². The van der Waals surface area contributed by atoms with Crippen LogP contribution in [0.2, 0.25) is 0 Å². The number of alkyl halides is 3. The summed E-state index contributed by atoms with van der Waals surface area (Å²) >= 11 is 0. The van der Waals surface area contributed by atoms with Gasteiger partial charge in [-0.3, -0.25) is 0 Å². The highest BCUT2D eigenvalue weighted by Gasteiger charge is 2.30. The molecule has 0 aliphatic heterocycles. The highest BCUT2D eigenvalue weighted by Crippen LogP contribution is 2.31. The maximum absolute atomic E-state index is 12.4. The van der Waals surface area contributed by atoms with Gasteiger partial charge in [0.1, 0.15) is 0 Å². The summed E-state index contributed by atoms with van der Waals surface area (Å²) in [6.07, 6.45) is -4.18. The predicted molar refractivity (Wildman–Crippen MR) is 52.6 cm³/mol. The van der Waals surface area contributed by atoms with Crippen molar-refractivity contribution in [3.8, 4) is 6.07 Å². The number of rotatable bonds is 1. The SMILES string of the molecule is N#CCc1cc2ccc(C(F)(F)F)cc2[nH]1. The van der Waals surface area contributed by atoms with Crippen LogP contribution in [-0.4, -0.2) is 4.98 Å². The maximum Gasteiger partial charge on any atom is 0.416 e. The minimum absolute atomic E-state index is 0.163. The zero-order valence-electron chi connectivity index (χ0n) is 8.10. The van der Waals surface area contributed by atoms with E-state index in [0.29, 0.717) is 16.6 Å². The van der Waals surface area contributed by atoms with Crippen molar-refractivity contribution in [1.82, 2.24) is 4.98 Å². The van der Waals surface area contributed by atoms with Crippen molar-refractivity contribution in [2.24, 2.45) is 0 Å². The van der Waals surface area contributed by atoms with E-state index in [2.05, 4.69) is 4.98 Å². The second-order valence-electron chi connectivity index (χ2n) is 3.43. The smallest absolute Gasteiger partial charge is 0.358 e. The summed E-state index contributed by atoms with van der Waals surface area (Å²) in [6, 6.07) is 7.10. The Bertz CT molecular complexity index is 561. The number of fused-ring (bicyclic) bond motifs is 1. The van der Waals surface area contributed by atoms with Gasteiger partial charge in [-0.2, -0.15) is 18.4 Å². The lowest BCUT2D eigenvalue weighted by Gasteiger charge is -2.05. The summed E-state index contributed by atoms with van der Waals surface area (Å²) in [5.41, 5.74) is 0.335. The third kappa shape index (κ3) is 1.87. The molecule has 0 amide bonds. The molecule has 0 aliphatic rings. The van der Waals surface area contributed by atoms with E-state index in [4.69, 9.17) is 5.26 Å². The average Bonchev–Trinajstić information content (AvgIpc) is 2.57. The lowest BCUT2D eigenvalue weighted by atomic mass is 10.1. The molecule has 2 rings (SSSR count). The molecule has 1 aromatic heterocycles. The molecule has 16 heavy (non-hydrogen) atoms. The number of halogens is 3. The van der Waals surface area contributed by atoms with E-state index in [0.717, 1.165) is 12.1 Å². The van der Waals surface area contributed by atoms with Crippen molar-refractivity contribution in [2.75, 3.05) is 0 Å². The van der Waals surface area contributed by atoms with Gasteiger partial charge < -0.3 is 4.98 Å². The van der Waals surface area contributed by atoms with Gasteiger partial charge in [-0.15, -0.1) is 0 Å². The molecule has 1 aromatic carbocycles. The van der Waals surface area contributed by atoms with Gasteiger partial charge in [0.2, 0.25) is 0 Å². The molecule has 0 radical (unpaired) electrons. The Labute approximate surface area is 89.3 Å². The summed E-state index contributed by atoms with van der Waals surface area (Å²) in [5.74, 6) is 0. The van der Waals surface area contributed by atoms with Gasteiger partial charge in [0.25, 0.3) is 0 Å². The summed E-state index contributed by atoms with van der Waals surface area (Å²) in [5, 5.41) is 9.16. The second kappa shape index (κ2) is 3.56. The number of nitrogens with one attached hydrogen (secondary N) is 1. The first kappa shape index (κ1) is 10.6. The first-order valence-electron chi connectivity index (χ1n) is 4.56. The number of hydrogen-bond acceptors (Lipinski definition) is 1. The zero-order chi connectivity index (χ0) is 11.8. The Morgan fingerprint density at radius 2 is 2.00 bits per heavy atom. The molecule has 0 unspecified atom stereocenters. The highest BCUT2D eigenvalue weighted by atomic mass is 19.4. The number of aromatic amines is 1. The molecule has 0 saturated carbocycles. The van der Waals surface area contributed by atoms with Gasteiger partial charge in [-0.1, -0.05) is 6.07 Å². The quantitative estimate of drug-likeness (QED) is 0.793. The van der Waals surface area contributed by atoms with Crippen molar-refractivity contribution in [3.05, 3.63) is 35.5 Å². The number of H-pyrrole nitrogens is 1. The Kier molecular flexibility index (Phi) is 2.35. The standard InChI is InChI=1S/C11H7F3N2/c12-11(13,14)8-2-1-7-5-9(3-4-15)16-10(7)6-8/h1-2,5-6,16H,3H2. The van der Waals surface area contributed by atoms with Gasteiger partial charge in [0, 0.05) is 11.2 Å². The van der Waals surface area contributed by atoms with Gasteiger partial charge in [0.15, 0.2) is 0 Å². The van der Waals surface area contributed by atoms with E-state index in [-0.39, 0.29) is 6.42 Å². The summed E-state index contributed by atoms with van der Waals surface area (Å²) in [7, 11) is 0. The van der Waals surface area contributed by atoms with Crippen LogP contribution < -0.4 is 0 Å². The number of nitriles is 1. The molecule has 1 N–H and O–H groups in total. The molecule has 82 valence electrons. The van der Waals surface area contributed by atoms with Crippen LogP contribution in [0, 0.1) is 11.3 Å². The maximum atomic E-state index is 12.4. The molecule has 0 spiro atoms. The second-order valence-corrected chi connectivity index (χ2v) is 3.43. The Morgan fingerprint density at radius 3 is 2.62 bits per heavy atom. The highest BCUT2D eigenvalue weighted by molar-refractivity contribution is 5.81. The average molecular weight is 224 g/mol.